The molecule has 0 aromatic carbocycles. The van der Waals surface area contributed by atoms with Gasteiger partial charge in [0.1, 0.15) is 5.69 Å². The fourth-order valence-electron chi connectivity index (χ4n) is 4.51. The van der Waals surface area contributed by atoms with Gasteiger partial charge >= 0.3 is 12.1 Å². The first-order valence-corrected chi connectivity index (χ1v) is 9.08. The highest BCUT2D eigenvalue weighted by molar-refractivity contribution is 5.85. The molecule has 0 spiro atoms. The molecule has 1 aliphatic heterocycles. The zero-order chi connectivity index (χ0) is 20.1. The highest BCUT2D eigenvalue weighted by Gasteiger charge is 2.45. The summed E-state index contributed by atoms with van der Waals surface area (Å²) in [6.45, 7) is 2.95. The van der Waals surface area contributed by atoms with E-state index in [0.717, 1.165) is 0 Å². The highest BCUT2D eigenvalue weighted by Crippen LogP contribution is 2.48. The van der Waals surface area contributed by atoms with E-state index in [-0.39, 0.29) is 29.0 Å². The molecular weight excluding hydrogens is 373 g/mol. The Morgan fingerprint density at radius 2 is 1.89 bits per heavy atom. The second kappa shape index (κ2) is 6.72. The van der Waals surface area contributed by atoms with Gasteiger partial charge in [-0.05, 0) is 55.2 Å². The third-order valence-electron chi connectivity index (χ3n) is 5.64. The minimum absolute atomic E-state index is 0.0531. The Balaban J connectivity index is 1.51. The van der Waals surface area contributed by atoms with Crippen LogP contribution in [0.15, 0.2) is 24.4 Å². The number of carboxylic acids is 1. The lowest BCUT2D eigenvalue weighted by Crippen LogP contribution is -2.25. The summed E-state index contributed by atoms with van der Waals surface area (Å²) in [5.74, 6) is -0.453. The van der Waals surface area contributed by atoms with Crippen molar-refractivity contribution in [3.05, 3.63) is 47.0 Å². The van der Waals surface area contributed by atoms with Gasteiger partial charge in [0.15, 0.2) is 5.69 Å². The molecule has 4 rings (SSSR count). The highest BCUT2D eigenvalue weighted by atomic mass is 19.4. The first-order valence-electron chi connectivity index (χ1n) is 9.08. The number of anilines is 1. The molecule has 3 atom stereocenters. The lowest BCUT2D eigenvalue weighted by molar-refractivity contribution is -0.142. The van der Waals surface area contributed by atoms with Crippen LogP contribution in [0.5, 0.6) is 0 Å². The van der Waals surface area contributed by atoms with Gasteiger partial charge in [-0.15, -0.1) is 0 Å². The number of carboxylic acid groups (broad SMARTS) is 1. The predicted molar refractivity (Wildman–Crippen MR) is 94.1 cm³/mol. The van der Waals surface area contributed by atoms with Gasteiger partial charge in [0, 0.05) is 25.0 Å². The molecule has 2 aliphatic rings. The van der Waals surface area contributed by atoms with E-state index in [1.165, 1.54) is 18.3 Å². The summed E-state index contributed by atoms with van der Waals surface area (Å²) < 4.78 is 39.8. The van der Waals surface area contributed by atoms with E-state index < -0.39 is 17.8 Å². The molecule has 6 nitrogen and oxygen atoms in total. The van der Waals surface area contributed by atoms with Crippen LogP contribution in [0.4, 0.5) is 19.1 Å². The van der Waals surface area contributed by atoms with Crippen molar-refractivity contribution < 1.29 is 23.1 Å². The fraction of sp³-hybridized carbons (Fsp3) is 0.474. The maximum absolute atomic E-state index is 13.3. The Hall–Kier alpha value is -2.71. The van der Waals surface area contributed by atoms with E-state index >= 15 is 0 Å². The van der Waals surface area contributed by atoms with Gasteiger partial charge in [0.25, 0.3) is 0 Å². The van der Waals surface area contributed by atoms with Gasteiger partial charge in [-0.25, -0.2) is 14.8 Å². The third-order valence-corrected chi connectivity index (χ3v) is 5.64. The number of alkyl halides is 3. The summed E-state index contributed by atoms with van der Waals surface area (Å²) in [7, 11) is 0. The summed E-state index contributed by atoms with van der Waals surface area (Å²) >= 11 is 0. The van der Waals surface area contributed by atoms with E-state index in [2.05, 4.69) is 15.0 Å². The van der Waals surface area contributed by atoms with Crippen molar-refractivity contribution in [2.45, 2.75) is 31.9 Å². The number of hydrogen-bond acceptors (Lipinski definition) is 5. The predicted octanol–water partition coefficient (Wildman–Crippen LogP) is 3.53. The normalized spacial score (nSPS) is 24.4. The largest absolute Gasteiger partial charge is 0.477 e. The summed E-state index contributed by atoms with van der Waals surface area (Å²) in [6, 6.07) is 4.50. The van der Waals surface area contributed by atoms with Crippen LogP contribution in [0.25, 0.3) is 0 Å². The molecule has 1 saturated carbocycles. The molecule has 2 aromatic heterocycles. The van der Waals surface area contributed by atoms with Gasteiger partial charge in [-0.2, -0.15) is 13.2 Å². The van der Waals surface area contributed by atoms with Crippen LogP contribution in [0.3, 0.4) is 0 Å². The molecular formula is C19H19F3N4O2. The summed E-state index contributed by atoms with van der Waals surface area (Å²) in [5, 5.41) is 9.18. The third kappa shape index (κ3) is 3.41. The lowest BCUT2D eigenvalue weighted by Gasteiger charge is -2.21. The van der Waals surface area contributed by atoms with E-state index in [1.54, 1.807) is 13.0 Å². The molecule has 1 aliphatic carbocycles. The number of hydrogen-bond donors (Lipinski definition) is 1. The fourth-order valence-corrected chi connectivity index (χ4v) is 4.51. The second-order valence-electron chi connectivity index (χ2n) is 7.53. The van der Waals surface area contributed by atoms with Gasteiger partial charge in [0.05, 0.1) is 0 Å². The number of fused-ring (bicyclic) bond motifs is 1. The van der Waals surface area contributed by atoms with Crippen molar-refractivity contribution in [2.75, 3.05) is 18.0 Å². The molecule has 0 bridgehead atoms. The first kappa shape index (κ1) is 18.6. The van der Waals surface area contributed by atoms with E-state index in [9.17, 15) is 23.1 Å². The Bertz CT molecular complexity index is 904. The number of halogens is 3. The van der Waals surface area contributed by atoms with Crippen molar-refractivity contribution >= 4 is 11.9 Å². The SMILES string of the molecule is Cc1cc(C(=O)O)nc(N2C[C@H]3CC(c4cccnc4C(F)(F)F)C[C@H]3C2)n1. The molecule has 9 heteroatoms. The van der Waals surface area contributed by atoms with Crippen LogP contribution >= 0.6 is 0 Å². The van der Waals surface area contributed by atoms with Gasteiger partial charge < -0.3 is 10.0 Å². The Kier molecular flexibility index (Phi) is 4.47. The standard InChI is InChI=1S/C19H19F3N4O2/c1-10-5-15(17(27)28)25-18(24-10)26-8-12-6-11(7-13(12)9-26)14-3-2-4-23-16(14)19(20,21)22/h2-5,11-13H,6-9H2,1H3,(H,27,28)/t11?,12-,13+. The first-order chi connectivity index (χ1) is 13.2. The molecule has 3 heterocycles. The lowest BCUT2D eigenvalue weighted by atomic mass is 9.94. The van der Waals surface area contributed by atoms with E-state index in [0.29, 0.717) is 37.6 Å². The monoisotopic (exact) mass is 392 g/mol. The van der Waals surface area contributed by atoms with Crippen molar-refractivity contribution in [1.29, 1.82) is 0 Å². The minimum Gasteiger partial charge on any atom is -0.477 e. The van der Waals surface area contributed by atoms with Crippen LogP contribution in [0.2, 0.25) is 0 Å². The maximum Gasteiger partial charge on any atom is 0.433 e. The smallest absolute Gasteiger partial charge is 0.433 e. The number of pyridine rings is 1. The van der Waals surface area contributed by atoms with Crippen LogP contribution in [0.1, 0.15) is 46.2 Å². The minimum atomic E-state index is -4.46. The number of aromatic carboxylic acids is 1. The molecule has 2 fully saturated rings. The number of carbonyl (C=O) groups is 1. The van der Waals surface area contributed by atoms with Crippen molar-refractivity contribution in [2.24, 2.45) is 11.8 Å². The summed E-state index contributed by atoms with van der Waals surface area (Å²) in [6.07, 6.45) is -1.98. The van der Waals surface area contributed by atoms with Gasteiger partial charge in [0.2, 0.25) is 5.95 Å². The average molecular weight is 392 g/mol. The molecule has 1 unspecified atom stereocenters. The van der Waals surface area contributed by atoms with Crippen LogP contribution in [-0.4, -0.2) is 39.1 Å². The van der Waals surface area contributed by atoms with Gasteiger partial charge in [-0.1, -0.05) is 6.07 Å². The van der Waals surface area contributed by atoms with E-state index in [1.807, 2.05) is 4.90 Å². The number of rotatable bonds is 3. The molecule has 2 aromatic rings. The Labute approximate surface area is 159 Å². The van der Waals surface area contributed by atoms with Crippen LogP contribution in [0, 0.1) is 18.8 Å². The average Bonchev–Trinajstić information content (AvgIpc) is 3.19. The number of aryl methyl sites for hydroxylation is 1. The molecule has 0 radical (unpaired) electrons. The number of aromatic nitrogens is 3. The van der Waals surface area contributed by atoms with E-state index in [4.69, 9.17) is 0 Å². The molecule has 28 heavy (non-hydrogen) atoms. The Morgan fingerprint density at radius 1 is 1.21 bits per heavy atom. The summed E-state index contributed by atoms with van der Waals surface area (Å²) in [5.41, 5.74) is 0.00555. The molecule has 1 N–H and O–H groups in total. The van der Waals surface area contributed by atoms with Crippen LogP contribution < -0.4 is 4.90 Å². The Morgan fingerprint density at radius 3 is 2.50 bits per heavy atom. The maximum atomic E-state index is 13.3. The van der Waals surface area contributed by atoms with Crippen LogP contribution in [-0.2, 0) is 6.18 Å². The van der Waals surface area contributed by atoms with Gasteiger partial charge in [-0.3, -0.25) is 4.98 Å². The molecule has 0 amide bonds. The quantitative estimate of drug-likeness (QED) is 0.861. The number of nitrogens with zero attached hydrogens (tertiary/aromatic N) is 4. The zero-order valence-corrected chi connectivity index (χ0v) is 15.1. The van der Waals surface area contributed by atoms with Crippen molar-refractivity contribution in [3.8, 4) is 0 Å². The zero-order valence-electron chi connectivity index (χ0n) is 15.1. The second-order valence-corrected chi connectivity index (χ2v) is 7.53. The summed E-state index contributed by atoms with van der Waals surface area (Å²) in [4.78, 5) is 25.2. The van der Waals surface area contributed by atoms with Crippen molar-refractivity contribution in [3.63, 3.8) is 0 Å². The van der Waals surface area contributed by atoms with Crippen molar-refractivity contribution in [1.82, 2.24) is 15.0 Å². The topological polar surface area (TPSA) is 79.2 Å². The molecule has 1 saturated heterocycles. The molecule has 148 valence electrons.